The molecule has 2 aromatic rings. The number of hydrogen-bond acceptors (Lipinski definition) is 3. The second-order valence-corrected chi connectivity index (χ2v) is 5.22. The summed E-state index contributed by atoms with van der Waals surface area (Å²) in [6.07, 6.45) is 3.78. The Hall–Kier alpha value is -1.94. The average Bonchev–Trinajstić information content (AvgIpc) is 2.42. The van der Waals surface area contributed by atoms with Crippen LogP contribution in [0.5, 0.6) is 17.2 Å². The van der Waals surface area contributed by atoms with Crippen molar-refractivity contribution in [3.05, 3.63) is 51.5 Å². The van der Waals surface area contributed by atoms with Crippen LogP contribution in [0.3, 0.4) is 0 Å². The number of aromatic hydroxyl groups is 2. The topological polar surface area (TPSA) is 49.7 Å². The molecule has 4 heteroatoms. The highest BCUT2D eigenvalue weighted by Gasteiger charge is 2.04. The van der Waals surface area contributed by atoms with Crippen LogP contribution in [0.4, 0.5) is 0 Å². The van der Waals surface area contributed by atoms with E-state index in [0.29, 0.717) is 5.75 Å². The van der Waals surface area contributed by atoms with Crippen molar-refractivity contribution in [3.8, 4) is 17.2 Å². The number of aryl methyl sites for hydroxylation is 1. The van der Waals surface area contributed by atoms with Crippen LogP contribution in [0.2, 0.25) is 0 Å². The highest BCUT2D eigenvalue weighted by molar-refractivity contribution is 9.10. The molecule has 0 radical (unpaired) electrons. The zero-order valence-corrected chi connectivity index (χ0v) is 12.8. The zero-order chi connectivity index (χ0) is 14.7. The van der Waals surface area contributed by atoms with Crippen molar-refractivity contribution in [2.45, 2.75) is 6.92 Å². The third-order valence-corrected chi connectivity index (χ3v) is 4.01. The van der Waals surface area contributed by atoms with Gasteiger partial charge in [-0.25, -0.2) is 0 Å². The van der Waals surface area contributed by atoms with Crippen LogP contribution in [0, 0.1) is 6.92 Å². The lowest BCUT2D eigenvalue weighted by Gasteiger charge is -2.05. The van der Waals surface area contributed by atoms with Crippen molar-refractivity contribution in [1.29, 1.82) is 0 Å². The number of benzene rings is 2. The fourth-order valence-corrected chi connectivity index (χ4v) is 2.24. The standard InChI is InChI=1S/C16H15BrO3/c1-10-7-13(18)9-12(16(10)17)5-3-11-4-6-14(19)15(8-11)20-2/h3-9,18-19H,1-2H3/b5-3+. The Labute approximate surface area is 126 Å². The van der Waals surface area contributed by atoms with E-state index in [9.17, 15) is 10.2 Å². The molecule has 0 heterocycles. The highest BCUT2D eigenvalue weighted by Crippen LogP contribution is 2.30. The van der Waals surface area contributed by atoms with Gasteiger partial charge in [0.2, 0.25) is 0 Å². The van der Waals surface area contributed by atoms with E-state index in [4.69, 9.17) is 4.74 Å². The molecule has 0 aliphatic rings. The normalized spacial score (nSPS) is 10.9. The van der Waals surface area contributed by atoms with E-state index < -0.39 is 0 Å². The second-order valence-electron chi connectivity index (χ2n) is 4.43. The van der Waals surface area contributed by atoms with E-state index in [0.717, 1.165) is 21.2 Å². The molecule has 0 spiro atoms. The number of methoxy groups -OCH3 is 1. The van der Waals surface area contributed by atoms with Crippen LogP contribution in [-0.2, 0) is 0 Å². The Morgan fingerprint density at radius 1 is 1.10 bits per heavy atom. The number of halogens is 1. The summed E-state index contributed by atoms with van der Waals surface area (Å²) in [5, 5.41) is 19.2. The molecule has 2 N–H and O–H groups in total. The predicted molar refractivity (Wildman–Crippen MR) is 84.1 cm³/mol. The molecule has 20 heavy (non-hydrogen) atoms. The molecule has 0 bridgehead atoms. The largest absolute Gasteiger partial charge is 0.508 e. The molecule has 104 valence electrons. The van der Waals surface area contributed by atoms with Gasteiger partial charge in [-0.1, -0.05) is 18.2 Å². The summed E-state index contributed by atoms with van der Waals surface area (Å²) in [6.45, 7) is 1.92. The molecule has 0 unspecified atom stereocenters. The lowest BCUT2D eigenvalue weighted by molar-refractivity contribution is 0.373. The lowest BCUT2D eigenvalue weighted by Crippen LogP contribution is -1.84. The molecule has 2 aromatic carbocycles. The summed E-state index contributed by atoms with van der Waals surface area (Å²) in [5.74, 6) is 0.769. The maximum absolute atomic E-state index is 9.63. The van der Waals surface area contributed by atoms with Crippen LogP contribution in [0.1, 0.15) is 16.7 Å². The first-order chi connectivity index (χ1) is 9.51. The monoisotopic (exact) mass is 334 g/mol. The highest BCUT2D eigenvalue weighted by atomic mass is 79.9. The first-order valence-electron chi connectivity index (χ1n) is 6.05. The molecule has 0 aliphatic heterocycles. The fraction of sp³-hybridized carbons (Fsp3) is 0.125. The Bertz CT molecular complexity index is 663. The molecule has 0 aliphatic carbocycles. The summed E-state index contributed by atoms with van der Waals surface area (Å²) in [5.41, 5.74) is 2.75. The Morgan fingerprint density at radius 3 is 2.55 bits per heavy atom. The summed E-state index contributed by atoms with van der Waals surface area (Å²) in [4.78, 5) is 0. The zero-order valence-electron chi connectivity index (χ0n) is 11.2. The molecule has 0 saturated heterocycles. The third-order valence-electron chi connectivity index (χ3n) is 2.93. The third kappa shape index (κ3) is 3.14. The smallest absolute Gasteiger partial charge is 0.161 e. The predicted octanol–water partition coefficient (Wildman–Crippen LogP) is 4.35. The van der Waals surface area contributed by atoms with Gasteiger partial charge in [0.15, 0.2) is 11.5 Å². The first-order valence-corrected chi connectivity index (χ1v) is 6.84. The van der Waals surface area contributed by atoms with Crippen LogP contribution in [0.15, 0.2) is 34.8 Å². The number of phenols is 2. The molecular weight excluding hydrogens is 320 g/mol. The minimum atomic E-state index is 0.110. The molecule has 2 rings (SSSR count). The molecule has 3 nitrogen and oxygen atoms in total. The van der Waals surface area contributed by atoms with Gasteiger partial charge in [0.05, 0.1) is 7.11 Å². The summed E-state index contributed by atoms with van der Waals surface area (Å²) < 4.78 is 6.01. The van der Waals surface area contributed by atoms with Crippen molar-refractivity contribution in [2.75, 3.05) is 7.11 Å². The van der Waals surface area contributed by atoms with Gasteiger partial charge in [-0.3, -0.25) is 0 Å². The van der Waals surface area contributed by atoms with Gasteiger partial charge in [0.25, 0.3) is 0 Å². The van der Waals surface area contributed by atoms with Gasteiger partial charge in [-0.05, 0) is 63.8 Å². The minimum absolute atomic E-state index is 0.110. The van der Waals surface area contributed by atoms with Crippen LogP contribution in [-0.4, -0.2) is 17.3 Å². The van der Waals surface area contributed by atoms with Gasteiger partial charge in [0.1, 0.15) is 5.75 Å². The van der Waals surface area contributed by atoms with Gasteiger partial charge >= 0.3 is 0 Å². The van der Waals surface area contributed by atoms with E-state index in [2.05, 4.69) is 15.9 Å². The Balaban J connectivity index is 2.34. The van der Waals surface area contributed by atoms with Crippen molar-refractivity contribution in [3.63, 3.8) is 0 Å². The van der Waals surface area contributed by atoms with E-state index in [1.807, 2.05) is 19.1 Å². The first kappa shape index (κ1) is 14.5. The Kier molecular flexibility index (Phi) is 4.35. The molecular formula is C16H15BrO3. The Morgan fingerprint density at radius 2 is 1.85 bits per heavy atom. The number of hydrogen-bond donors (Lipinski definition) is 2. The van der Waals surface area contributed by atoms with E-state index in [-0.39, 0.29) is 11.5 Å². The van der Waals surface area contributed by atoms with Crippen molar-refractivity contribution < 1.29 is 14.9 Å². The van der Waals surface area contributed by atoms with Crippen LogP contribution in [0.25, 0.3) is 12.2 Å². The number of rotatable bonds is 3. The van der Waals surface area contributed by atoms with Crippen molar-refractivity contribution >= 4 is 28.1 Å². The minimum Gasteiger partial charge on any atom is -0.508 e. The number of ether oxygens (including phenoxy) is 1. The quantitative estimate of drug-likeness (QED) is 0.820. The second kappa shape index (κ2) is 6.01. The maximum Gasteiger partial charge on any atom is 0.161 e. The van der Waals surface area contributed by atoms with Gasteiger partial charge in [-0.2, -0.15) is 0 Å². The SMILES string of the molecule is COc1cc(/C=C/c2cc(O)cc(C)c2Br)ccc1O. The molecule has 0 saturated carbocycles. The van der Waals surface area contributed by atoms with E-state index >= 15 is 0 Å². The molecule has 0 atom stereocenters. The lowest BCUT2D eigenvalue weighted by atomic mass is 10.1. The van der Waals surface area contributed by atoms with E-state index in [1.165, 1.54) is 7.11 Å². The molecule has 0 fully saturated rings. The summed E-state index contributed by atoms with van der Waals surface area (Å²) in [7, 11) is 1.51. The number of phenolic OH excluding ortho intramolecular Hbond substituents is 2. The molecule has 0 aromatic heterocycles. The van der Waals surface area contributed by atoms with Crippen LogP contribution >= 0.6 is 15.9 Å². The average molecular weight is 335 g/mol. The van der Waals surface area contributed by atoms with E-state index in [1.54, 1.807) is 30.3 Å². The van der Waals surface area contributed by atoms with Gasteiger partial charge in [-0.15, -0.1) is 0 Å². The van der Waals surface area contributed by atoms with Crippen molar-refractivity contribution in [2.24, 2.45) is 0 Å². The van der Waals surface area contributed by atoms with Gasteiger partial charge in [0, 0.05) is 4.47 Å². The summed E-state index contributed by atoms with van der Waals surface area (Å²) in [6, 6.07) is 8.50. The summed E-state index contributed by atoms with van der Waals surface area (Å²) >= 11 is 3.50. The van der Waals surface area contributed by atoms with Crippen molar-refractivity contribution in [1.82, 2.24) is 0 Å². The van der Waals surface area contributed by atoms with Gasteiger partial charge < -0.3 is 14.9 Å². The maximum atomic E-state index is 9.63. The fourth-order valence-electron chi connectivity index (χ4n) is 1.88. The van der Waals surface area contributed by atoms with Crippen LogP contribution < -0.4 is 4.74 Å². The molecule has 0 amide bonds.